The van der Waals surface area contributed by atoms with Crippen LogP contribution in [0.25, 0.3) is 0 Å². The van der Waals surface area contributed by atoms with Gasteiger partial charge in [0.15, 0.2) is 0 Å². The molecule has 4 heteroatoms. The van der Waals surface area contributed by atoms with Crippen LogP contribution in [0.2, 0.25) is 0 Å². The van der Waals surface area contributed by atoms with E-state index in [1.165, 1.54) is 0 Å². The Bertz CT molecular complexity index is 212. The van der Waals surface area contributed by atoms with Crippen LogP contribution >= 0.6 is 0 Å². The summed E-state index contributed by atoms with van der Waals surface area (Å²) in [6.07, 6.45) is 1.64. The minimum absolute atomic E-state index is 0.187. The van der Waals surface area contributed by atoms with Gasteiger partial charge < -0.3 is 15.4 Å². The van der Waals surface area contributed by atoms with Gasteiger partial charge in [-0.15, -0.1) is 0 Å². The van der Waals surface area contributed by atoms with Gasteiger partial charge in [-0.05, 0) is 13.1 Å². The summed E-state index contributed by atoms with van der Waals surface area (Å²) in [6, 6.07) is 0. The lowest BCUT2D eigenvalue weighted by Crippen LogP contribution is -2.57. The van der Waals surface area contributed by atoms with Gasteiger partial charge in [0.05, 0.1) is 0 Å². The van der Waals surface area contributed by atoms with Crippen molar-refractivity contribution in [2.45, 2.75) is 25.4 Å². The first-order valence-electron chi connectivity index (χ1n) is 4.90. The molecule has 0 bridgehead atoms. The van der Waals surface area contributed by atoms with E-state index in [0.29, 0.717) is 5.92 Å². The standard InChI is InChI=1S/C9H16N2O2/c1-7-6-11-8(12)13-9(7)2-4-10-5-3-9/h7,10H,2-6H2,1H3,(H,11,12). The third kappa shape index (κ3) is 1.50. The molecule has 2 heterocycles. The van der Waals surface area contributed by atoms with Crippen LogP contribution in [0.1, 0.15) is 19.8 Å². The van der Waals surface area contributed by atoms with E-state index in [1.807, 2.05) is 0 Å². The van der Waals surface area contributed by atoms with E-state index < -0.39 is 0 Å². The van der Waals surface area contributed by atoms with Crippen molar-refractivity contribution in [3.8, 4) is 0 Å². The molecule has 1 atom stereocenters. The molecule has 2 aliphatic rings. The van der Waals surface area contributed by atoms with Crippen molar-refractivity contribution in [2.24, 2.45) is 5.92 Å². The molecule has 2 saturated heterocycles. The highest BCUT2D eigenvalue weighted by Crippen LogP contribution is 2.33. The Labute approximate surface area is 78.0 Å². The number of hydrogen-bond acceptors (Lipinski definition) is 3. The van der Waals surface area contributed by atoms with E-state index in [-0.39, 0.29) is 11.7 Å². The normalized spacial score (nSPS) is 32.4. The fraction of sp³-hybridized carbons (Fsp3) is 0.889. The van der Waals surface area contributed by atoms with Gasteiger partial charge in [0.2, 0.25) is 0 Å². The van der Waals surface area contributed by atoms with Crippen LogP contribution in [0.3, 0.4) is 0 Å². The fourth-order valence-corrected chi connectivity index (χ4v) is 2.19. The van der Waals surface area contributed by atoms with Crippen LogP contribution in [0.15, 0.2) is 0 Å². The monoisotopic (exact) mass is 184 g/mol. The SMILES string of the molecule is CC1CNC(=O)OC12CCNCC2. The number of piperidine rings is 1. The van der Waals surface area contributed by atoms with Crippen molar-refractivity contribution >= 4 is 6.09 Å². The molecule has 0 saturated carbocycles. The largest absolute Gasteiger partial charge is 0.442 e. The van der Waals surface area contributed by atoms with Gasteiger partial charge in [-0.2, -0.15) is 0 Å². The molecular formula is C9H16N2O2. The predicted octanol–water partition coefficient (Wildman–Crippen LogP) is 0.484. The lowest BCUT2D eigenvalue weighted by Gasteiger charge is -2.44. The molecule has 0 aromatic carbocycles. The highest BCUT2D eigenvalue weighted by molar-refractivity contribution is 5.68. The molecule has 1 spiro atoms. The summed E-state index contributed by atoms with van der Waals surface area (Å²) in [5, 5.41) is 6.00. The molecule has 2 aliphatic heterocycles. The summed E-state index contributed by atoms with van der Waals surface area (Å²) in [5.74, 6) is 0.423. The molecule has 4 nitrogen and oxygen atoms in total. The highest BCUT2D eigenvalue weighted by Gasteiger charge is 2.43. The number of carbonyl (C=O) groups is 1. The lowest BCUT2D eigenvalue weighted by atomic mass is 9.80. The zero-order valence-corrected chi connectivity index (χ0v) is 7.93. The Morgan fingerprint density at radius 3 is 2.85 bits per heavy atom. The Kier molecular flexibility index (Phi) is 2.15. The number of nitrogens with one attached hydrogen (secondary N) is 2. The van der Waals surface area contributed by atoms with Gasteiger partial charge in [-0.3, -0.25) is 0 Å². The highest BCUT2D eigenvalue weighted by atomic mass is 16.6. The average Bonchev–Trinajstić information content (AvgIpc) is 2.14. The second-order valence-electron chi connectivity index (χ2n) is 3.99. The number of carbonyl (C=O) groups excluding carboxylic acids is 1. The van der Waals surface area contributed by atoms with E-state index in [1.54, 1.807) is 0 Å². The van der Waals surface area contributed by atoms with Gasteiger partial charge in [0.1, 0.15) is 5.60 Å². The zero-order valence-electron chi connectivity index (χ0n) is 7.93. The van der Waals surface area contributed by atoms with Crippen molar-refractivity contribution in [3.05, 3.63) is 0 Å². The summed E-state index contributed by atoms with van der Waals surface area (Å²) >= 11 is 0. The van der Waals surface area contributed by atoms with E-state index in [4.69, 9.17) is 4.74 Å². The van der Waals surface area contributed by atoms with Gasteiger partial charge in [-0.1, -0.05) is 6.92 Å². The third-order valence-corrected chi connectivity index (χ3v) is 3.20. The summed E-state index contributed by atoms with van der Waals surface area (Å²) in [5.41, 5.74) is -0.187. The van der Waals surface area contributed by atoms with Crippen LogP contribution in [0, 0.1) is 5.92 Å². The molecule has 0 aromatic heterocycles. The zero-order chi connectivity index (χ0) is 9.31. The van der Waals surface area contributed by atoms with Crippen LogP contribution in [-0.4, -0.2) is 31.3 Å². The van der Waals surface area contributed by atoms with Gasteiger partial charge >= 0.3 is 6.09 Å². The number of amides is 1. The van der Waals surface area contributed by atoms with Gasteiger partial charge in [0.25, 0.3) is 0 Å². The smallest absolute Gasteiger partial charge is 0.407 e. The maximum Gasteiger partial charge on any atom is 0.407 e. The first-order chi connectivity index (χ1) is 6.23. The summed E-state index contributed by atoms with van der Waals surface area (Å²) in [6.45, 7) is 4.80. The minimum atomic E-state index is -0.250. The number of ether oxygens (including phenoxy) is 1. The molecule has 1 unspecified atom stereocenters. The molecule has 2 rings (SSSR count). The topological polar surface area (TPSA) is 50.4 Å². The van der Waals surface area contributed by atoms with Crippen LogP contribution in [0.4, 0.5) is 4.79 Å². The Morgan fingerprint density at radius 2 is 2.15 bits per heavy atom. The molecule has 0 aromatic rings. The molecule has 1 amide bonds. The fourth-order valence-electron chi connectivity index (χ4n) is 2.19. The maximum atomic E-state index is 11.1. The lowest BCUT2D eigenvalue weighted by molar-refractivity contribution is -0.0682. The quantitative estimate of drug-likeness (QED) is 0.576. The first kappa shape index (κ1) is 8.81. The van der Waals surface area contributed by atoms with Crippen molar-refractivity contribution in [3.63, 3.8) is 0 Å². The van der Waals surface area contributed by atoms with E-state index in [2.05, 4.69) is 17.6 Å². The Balaban J connectivity index is 2.11. The van der Waals surface area contributed by atoms with Gasteiger partial charge in [0, 0.05) is 25.3 Å². The first-order valence-corrected chi connectivity index (χ1v) is 4.90. The second-order valence-corrected chi connectivity index (χ2v) is 3.99. The van der Waals surface area contributed by atoms with Crippen LogP contribution < -0.4 is 10.6 Å². The minimum Gasteiger partial charge on any atom is -0.442 e. The van der Waals surface area contributed by atoms with Crippen molar-refractivity contribution in [1.29, 1.82) is 0 Å². The molecule has 74 valence electrons. The summed E-state index contributed by atoms with van der Waals surface area (Å²) in [4.78, 5) is 11.1. The van der Waals surface area contributed by atoms with Crippen LogP contribution in [0.5, 0.6) is 0 Å². The number of alkyl carbamates (subject to hydrolysis) is 1. The predicted molar refractivity (Wildman–Crippen MR) is 48.5 cm³/mol. The maximum absolute atomic E-state index is 11.1. The molecule has 0 aliphatic carbocycles. The van der Waals surface area contributed by atoms with Crippen molar-refractivity contribution in [1.82, 2.24) is 10.6 Å². The summed E-state index contributed by atoms with van der Waals surface area (Å²) in [7, 11) is 0. The van der Waals surface area contributed by atoms with E-state index >= 15 is 0 Å². The third-order valence-electron chi connectivity index (χ3n) is 3.20. The van der Waals surface area contributed by atoms with Crippen molar-refractivity contribution in [2.75, 3.05) is 19.6 Å². The number of rotatable bonds is 0. The Morgan fingerprint density at radius 1 is 1.46 bits per heavy atom. The van der Waals surface area contributed by atoms with Crippen LogP contribution in [-0.2, 0) is 4.74 Å². The van der Waals surface area contributed by atoms with Crippen molar-refractivity contribution < 1.29 is 9.53 Å². The Hall–Kier alpha value is -0.770. The molecular weight excluding hydrogens is 168 g/mol. The molecule has 2 N–H and O–H groups in total. The second kappa shape index (κ2) is 3.18. The average molecular weight is 184 g/mol. The summed E-state index contributed by atoms with van der Waals surface area (Å²) < 4.78 is 5.44. The van der Waals surface area contributed by atoms with Gasteiger partial charge in [-0.25, -0.2) is 4.79 Å². The molecule has 13 heavy (non-hydrogen) atoms. The molecule has 2 fully saturated rings. The van der Waals surface area contributed by atoms with E-state index in [9.17, 15) is 4.79 Å². The number of hydrogen-bond donors (Lipinski definition) is 2. The van der Waals surface area contributed by atoms with E-state index in [0.717, 1.165) is 32.5 Å². The molecule has 0 radical (unpaired) electrons.